The first-order valence-electron chi connectivity index (χ1n) is 25.0. The van der Waals surface area contributed by atoms with Crippen LogP contribution in [0.1, 0.15) is 132 Å². The van der Waals surface area contributed by atoms with Gasteiger partial charge in [0.05, 0.1) is 24.4 Å². The quantitative estimate of drug-likeness (QED) is 0.181. The van der Waals surface area contributed by atoms with E-state index >= 15 is 0 Å². The molecule has 2 N–H and O–H groups in total. The largest absolute Gasteiger partial charge is 0.460 e. The van der Waals surface area contributed by atoms with E-state index in [0.717, 1.165) is 18.4 Å². The summed E-state index contributed by atoms with van der Waals surface area (Å²) >= 11 is 0. The first-order chi connectivity index (χ1) is 32.8. The van der Waals surface area contributed by atoms with Crippen molar-refractivity contribution in [2.24, 2.45) is 35.5 Å². The molecule has 17 nitrogen and oxygen atoms in total. The van der Waals surface area contributed by atoms with Crippen molar-refractivity contribution in [2.45, 2.75) is 180 Å². The zero-order chi connectivity index (χ0) is 50.6. The van der Waals surface area contributed by atoms with Crippen LogP contribution in [-0.2, 0) is 47.7 Å². The molecule has 3 fully saturated rings. The van der Waals surface area contributed by atoms with Gasteiger partial charge in [0.25, 0.3) is 11.7 Å². The molecule has 1 aliphatic carbocycles. The number of methoxy groups -OCH3 is 3. The number of ketones is 3. The Labute approximate surface area is 408 Å². The molecule has 1 amide bonds. The van der Waals surface area contributed by atoms with Gasteiger partial charge >= 0.3 is 5.97 Å². The molecule has 1 aromatic rings. The van der Waals surface area contributed by atoms with Crippen molar-refractivity contribution in [3.05, 3.63) is 53.9 Å². The maximum atomic E-state index is 14.5. The molecule has 384 valence electrons. The summed E-state index contributed by atoms with van der Waals surface area (Å²) in [6, 6.07) is -1.24. The zero-order valence-corrected chi connectivity index (χ0v) is 42.5. The van der Waals surface area contributed by atoms with Gasteiger partial charge in [-0.2, -0.15) is 4.80 Å². The van der Waals surface area contributed by atoms with Crippen LogP contribution in [0.4, 0.5) is 0 Å². The minimum Gasteiger partial charge on any atom is -0.460 e. The van der Waals surface area contributed by atoms with Gasteiger partial charge in [0, 0.05) is 58.5 Å². The molecule has 1 unspecified atom stereocenters. The van der Waals surface area contributed by atoms with E-state index in [1.165, 1.54) is 18.3 Å². The third-order valence-corrected chi connectivity index (χ3v) is 15.1. The number of aliphatic hydroxyl groups is 2. The number of aliphatic hydroxyl groups excluding tert-OH is 1. The van der Waals surface area contributed by atoms with Crippen LogP contribution in [0.25, 0.3) is 0 Å². The second kappa shape index (κ2) is 25.7. The van der Waals surface area contributed by atoms with Crippen molar-refractivity contribution in [3.63, 3.8) is 0 Å². The van der Waals surface area contributed by atoms with Crippen molar-refractivity contribution in [1.82, 2.24) is 25.1 Å². The molecule has 2 saturated heterocycles. The molecular formula is C52H79N5O12. The van der Waals surface area contributed by atoms with Gasteiger partial charge in [0.15, 0.2) is 12.1 Å². The fourth-order valence-corrected chi connectivity index (χ4v) is 10.7. The Balaban J connectivity index is 1.46. The highest BCUT2D eigenvalue weighted by Crippen LogP contribution is 2.39. The fourth-order valence-electron chi connectivity index (χ4n) is 10.7. The average molecular weight is 966 g/mol. The van der Waals surface area contributed by atoms with E-state index in [1.54, 1.807) is 45.9 Å². The normalized spacial score (nSPS) is 38.8. The number of cyclic esters (lactones) is 1. The number of hydrogen-bond donors (Lipinski definition) is 2. The Morgan fingerprint density at radius 2 is 1.64 bits per heavy atom. The number of aromatic nitrogens is 4. The van der Waals surface area contributed by atoms with E-state index in [-0.39, 0.29) is 60.9 Å². The van der Waals surface area contributed by atoms with Crippen molar-refractivity contribution in [3.8, 4) is 0 Å². The third kappa shape index (κ3) is 14.2. The number of esters is 1. The van der Waals surface area contributed by atoms with Gasteiger partial charge in [-0.1, -0.05) is 71.1 Å². The summed E-state index contributed by atoms with van der Waals surface area (Å²) in [5.74, 6) is -7.94. The molecule has 0 spiro atoms. The van der Waals surface area contributed by atoms with Gasteiger partial charge in [-0.15, -0.1) is 10.2 Å². The minimum absolute atomic E-state index is 0.0168. The number of amides is 1. The number of fused-ring (bicyclic) bond motifs is 3. The number of rotatable bonds is 7. The highest BCUT2D eigenvalue weighted by atomic mass is 16.6. The number of ether oxygens (including phenoxy) is 5. The second-order valence-electron chi connectivity index (χ2n) is 20.3. The number of nitrogens with zero attached hydrogens (tertiary/aromatic N) is 5. The molecule has 0 aromatic carbocycles. The molecule has 3 aliphatic heterocycles. The Hall–Kier alpha value is -4.26. The number of hydrogen-bond acceptors (Lipinski definition) is 15. The topological polar surface area (TPSA) is 219 Å². The van der Waals surface area contributed by atoms with Gasteiger partial charge in [0.1, 0.15) is 30.1 Å². The lowest BCUT2D eigenvalue weighted by molar-refractivity contribution is -0.265. The number of carbonyl (C=O) groups excluding carboxylic acids is 5. The Morgan fingerprint density at radius 1 is 0.884 bits per heavy atom. The van der Waals surface area contributed by atoms with E-state index in [2.05, 4.69) is 15.4 Å². The first kappa shape index (κ1) is 55.7. The number of Topliss-reactive ketones (excluding diaryl/α,β-unsaturated/α-hetero) is 3. The summed E-state index contributed by atoms with van der Waals surface area (Å²) < 4.78 is 29.9. The molecule has 69 heavy (non-hydrogen) atoms. The molecule has 2 bridgehead atoms. The van der Waals surface area contributed by atoms with Gasteiger partial charge in [-0.25, -0.2) is 4.79 Å². The van der Waals surface area contributed by atoms with Crippen molar-refractivity contribution < 1.29 is 57.9 Å². The molecule has 4 heterocycles. The third-order valence-electron chi connectivity index (χ3n) is 15.1. The van der Waals surface area contributed by atoms with Crippen molar-refractivity contribution in [2.75, 3.05) is 27.9 Å². The van der Waals surface area contributed by atoms with Crippen LogP contribution in [0.15, 0.2) is 53.9 Å². The standard InChI is InChI=1S/C52H79N5O12/c1-31-16-12-11-13-17-32(2)43(65-8)28-39-21-19-37(7)52(64,69-39)49(61)50(62)56-23-15-14-18-41(56)51(63)68-44(34(4)26-38-20-22-40(45(27-38)66-9)57-54-30-53-55-57)29-42(58)33(3)25-36(6)47(60)48(67-10)46(59)35(5)24-31/h11-13,16-17,25,30-31,33-35,37-41,43-45,47-48,60,64H,14-15,18-24,26-29H2,1-10H3/b13-11+,16-12+,32-17+,36-25+/t31-,33-,34-,35+,37-,38+,39+,40+,41+,43+,44+,45-,47-,48?,52-/m1/s1. The van der Waals surface area contributed by atoms with Gasteiger partial charge in [0.2, 0.25) is 5.79 Å². The van der Waals surface area contributed by atoms with E-state index in [4.69, 9.17) is 23.7 Å². The second-order valence-corrected chi connectivity index (χ2v) is 20.3. The summed E-state index contributed by atoms with van der Waals surface area (Å²) in [6.07, 6.45) is 13.7. The summed E-state index contributed by atoms with van der Waals surface area (Å²) in [4.78, 5) is 73.9. The molecular weight excluding hydrogens is 887 g/mol. The van der Waals surface area contributed by atoms with Crippen LogP contribution < -0.4 is 0 Å². The van der Waals surface area contributed by atoms with E-state index < -0.39 is 77.8 Å². The average Bonchev–Trinajstić information content (AvgIpc) is 3.88. The number of piperidine rings is 1. The monoisotopic (exact) mass is 966 g/mol. The number of allylic oxidation sites excluding steroid dienone is 6. The lowest BCUT2D eigenvalue weighted by atomic mass is 9.77. The van der Waals surface area contributed by atoms with Crippen LogP contribution in [-0.4, -0.2) is 141 Å². The molecule has 1 aromatic heterocycles. The van der Waals surface area contributed by atoms with Crippen LogP contribution >= 0.6 is 0 Å². The zero-order valence-electron chi connectivity index (χ0n) is 42.5. The maximum Gasteiger partial charge on any atom is 0.329 e. The smallest absolute Gasteiger partial charge is 0.329 e. The summed E-state index contributed by atoms with van der Waals surface area (Å²) in [5.41, 5.74) is 1.27. The first-order valence-corrected chi connectivity index (χ1v) is 25.0. The van der Waals surface area contributed by atoms with Crippen LogP contribution in [0.5, 0.6) is 0 Å². The Bertz CT molecular complexity index is 2020. The van der Waals surface area contributed by atoms with Gasteiger partial charge in [-0.3, -0.25) is 19.2 Å². The highest BCUT2D eigenvalue weighted by Gasteiger charge is 2.53. The molecule has 1 saturated carbocycles. The van der Waals surface area contributed by atoms with Crippen LogP contribution in [0.3, 0.4) is 0 Å². The van der Waals surface area contributed by atoms with Gasteiger partial charge < -0.3 is 38.8 Å². The summed E-state index contributed by atoms with van der Waals surface area (Å²) in [5, 5.41) is 35.7. The van der Waals surface area contributed by atoms with E-state index in [9.17, 15) is 34.2 Å². The van der Waals surface area contributed by atoms with Crippen LogP contribution in [0.2, 0.25) is 0 Å². The lowest BCUT2D eigenvalue weighted by Crippen LogP contribution is -2.61. The Morgan fingerprint density at radius 3 is 2.32 bits per heavy atom. The van der Waals surface area contributed by atoms with Crippen LogP contribution in [0, 0.1) is 35.5 Å². The molecule has 17 heteroatoms. The maximum absolute atomic E-state index is 14.5. The predicted octanol–water partition coefficient (Wildman–Crippen LogP) is 6.05. The number of carbonyl (C=O) groups is 5. The fraction of sp³-hybridized carbons (Fsp3) is 0.731. The number of tetrazole rings is 1. The van der Waals surface area contributed by atoms with Crippen molar-refractivity contribution >= 4 is 29.2 Å². The summed E-state index contributed by atoms with van der Waals surface area (Å²) in [7, 11) is 4.61. The SMILES string of the molecule is COC1C(=O)[C@@H](C)C[C@H](C)/C=C/C=C/C=C(\C)[C@@H](OC)C[C@@H]2CC[C@@H](C)[C@@](O)(O2)C(=O)C(=O)N2CCCC[C@H]2C(=O)O[C@H]([C@H](C)C[C@@H]2CC[C@H](n3ncnn3)[C@H](OC)C2)CC(=O)[C@H](C)/C=C(\C)[C@H]1O. The van der Waals surface area contributed by atoms with E-state index in [0.29, 0.717) is 56.9 Å². The molecule has 0 radical (unpaired) electrons. The Kier molecular flexibility index (Phi) is 20.8. The minimum atomic E-state index is -2.43. The van der Waals surface area contributed by atoms with Crippen molar-refractivity contribution in [1.29, 1.82) is 0 Å². The van der Waals surface area contributed by atoms with Gasteiger partial charge in [-0.05, 0) is 112 Å². The summed E-state index contributed by atoms with van der Waals surface area (Å²) in [6.45, 7) is 12.8. The van der Waals surface area contributed by atoms with E-state index in [1.807, 2.05) is 58.1 Å². The lowest BCUT2D eigenvalue weighted by Gasteiger charge is -2.42. The highest BCUT2D eigenvalue weighted by molar-refractivity contribution is 6.39. The molecule has 4 aliphatic rings. The molecule has 15 atom stereocenters. The predicted molar refractivity (Wildman–Crippen MR) is 256 cm³/mol. The molecule has 5 rings (SSSR count).